The van der Waals surface area contributed by atoms with E-state index in [1.165, 1.54) is 12.1 Å². The van der Waals surface area contributed by atoms with Gasteiger partial charge < -0.3 is 10.3 Å². The van der Waals surface area contributed by atoms with Crippen molar-refractivity contribution in [3.05, 3.63) is 64.7 Å². The number of benzene rings is 2. The fraction of sp³-hybridized carbons (Fsp3) is 0.333. The van der Waals surface area contributed by atoms with Crippen LogP contribution in [0, 0.1) is 0 Å². The van der Waals surface area contributed by atoms with Crippen LogP contribution < -0.4 is 15.6 Å². The summed E-state index contributed by atoms with van der Waals surface area (Å²) in [4.78, 5) is 38.1. The summed E-state index contributed by atoms with van der Waals surface area (Å²) in [5, 5.41) is 3.24. The third-order valence-electron chi connectivity index (χ3n) is 5.55. The van der Waals surface area contributed by atoms with E-state index in [0.717, 1.165) is 19.3 Å². The highest BCUT2D eigenvalue weighted by Crippen LogP contribution is 2.17. The molecule has 1 aliphatic rings. The van der Waals surface area contributed by atoms with Gasteiger partial charge in [-0.2, -0.15) is 0 Å². The molecule has 0 unspecified atom stereocenters. The Kier molecular flexibility index (Phi) is 7.57. The van der Waals surface area contributed by atoms with Crippen LogP contribution in [0.5, 0.6) is 0 Å². The quantitative estimate of drug-likeness (QED) is 0.459. The number of hydrogen-bond donors (Lipinski definition) is 3. The Morgan fingerprint density at radius 1 is 1.11 bits per heavy atom. The number of para-hydroxylation sites is 1. The molecule has 4 rings (SSSR count). The average Bonchev–Trinajstić information content (AvgIpc) is 3.07. The molecule has 0 aliphatic carbocycles. The van der Waals surface area contributed by atoms with Crippen molar-refractivity contribution in [3.63, 3.8) is 0 Å². The summed E-state index contributed by atoms with van der Waals surface area (Å²) < 4.78 is 28.2. The normalized spacial score (nSPS) is 14.4. The summed E-state index contributed by atoms with van der Waals surface area (Å²) in [5.74, 6) is 0.592. The predicted octanol–water partition coefficient (Wildman–Crippen LogP) is 2.24. The van der Waals surface area contributed by atoms with Crippen LogP contribution in [0.2, 0.25) is 0 Å². The first-order valence-corrected chi connectivity index (χ1v) is 12.9. The molecule has 35 heavy (non-hydrogen) atoms. The minimum atomic E-state index is -3.80. The molecule has 1 aliphatic heterocycles. The Hall–Kier alpha value is -3.57. The molecule has 0 saturated carbocycles. The van der Waals surface area contributed by atoms with Crippen molar-refractivity contribution in [1.29, 1.82) is 0 Å². The zero-order chi connectivity index (χ0) is 24.8. The second-order valence-corrected chi connectivity index (χ2v) is 10.2. The standard InChI is InChI=1S/C24H28N6O4S/c1-30(15-22-27-20-11-5-4-10-19(20)24(32)28-22)16-23(31)26-17-8-7-9-18(14-17)35(33,34)29-21-12-3-2-6-13-25-21/h4-5,7-11,14H,2-3,6,12-13,15-16H2,1H3,(H,25,29)(H,26,31)(H,27,28,32). The summed E-state index contributed by atoms with van der Waals surface area (Å²) in [6, 6.07) is 13.1. The lowest BCUT2D eigenvalue weighted by Crippen LogP contribution is -2.31. The van der Waals surface area contributed by atoms with E-state index in [4.69, 9.17) is 0 Å². The third-order valence-corrected chi connectivity index (χ3v) is 6.93. The van der Waals surface area contributed by atoms with Gasteiger partial charge in [-0.3, -0.25) is 24.2 Å². The monoisotopic (exact) mass is 496 g/mol. The van der Waals surface area contributed by atoms with Crippen LogP contribution in [0.25, 0.3) is 10.9 Å². The number of carbonyl (C=O) groups excluding carboxylic acids is 1. The molecule has 3 aromatic rings. The minimum Gasteiger partial charge on any atom is -0.325 e. The number of rotatable bonds is 7. The summed E-state index contributed by atoms with van der Waals surface area (Å²) in [6.45, 7) is 0.889. The smallest absolute Gasteiger partial charge is 0.262 e. The molecular formula is C24H28N6O4S. The van der Waals surface area contributed by atoms with Crippen molar-refractivity contribution in [1.82, 2.24) is 19.6 Å². The second-order valence-electron chi connectivity index (χ2n) is 8.52. The number of sulfonamides is 1. The lowest BCUT2D eigenvalue weighted by Gasteiger charge is -2.16. The molecule has 184 valence electrons. The van der Waals surface area contributed by atoms with E-state index in [2.05, 4.69) is 25.0 Å². The van der Waals surface area contributed by atoms with Crippen LogP contribution in [0.15, 0.2) is 63.2 Å². The number of fused-ring (bicyclic) bond motifs is 1. The molecule has 0 fully saturated rings. The Balaban J connectivity index is 1.38. The lowest BCUT2D eigenvalue weighted by molar-refractivity contribution is -0.117. The first-order chi connectivity index (χ1) is 16.8. The van der Waals surface area contributed by atoms with Crippen LogP contribution in [0.4, 0.5) is 5.69 Å². The molecule has 11 heteroatoms. The van der Waals surface area contributed by atoms with Crippen LogP contribution in [-0.2, 0) is 21.4 Å². The molecule has 0 spiro atoms. The molecule has 0 atom stereocenters. The number of amidine groups is 1. The van der Waals surface area contributed by atoms with Gasteiger partial charge in [0.15, 0.2) is 0 Å². The molecule has 2 aromatic carbocycles. The highest BCUT2D eigenvalue weighted by molar-refractivity contribution is 7.90. The lowest BCUT2D eigenvalue weighted by atomic mass is 10.2. The zero-order valence-corrected chi connectivity index (χ0v) is 20.3. The van der Waals surface area contributed by atoms with E-state index in [0.29, 0.717) is 41.2 Å². The Morgan fingerprint density at radius 3 is 2.80 bits per heavy atom. The Bertz CT molecular complexity index is 1420. The predicted molar refractivity (Wildman–Crippen MR) is 135 cm³/mol. The average molecular weight is 497 g/mol. The van der Waals surface area contributed by atoms with Crippen molar-refractivity contribution >= 4 is 38.4 Å². The zero-order valence-electron chi connectivity index (χ0n) is 19.5. The van der Waals surface area contributed by atoms with Crippen LogP contribution in [0.3, 0.4) is 0 Å². The minimum absolute atomic E-state index is 0.0164. The first-order valence-electron chi connectivity index (χ1n) is 11.4. The maximum atomic E-state index is 12.8. The van der Waals surface area contributed by atoms with Gasteiger partial charge in [0.1, 0.15) is 11.7 Å². The number of aromatic nitrogens is 2. The third kappa shape index (κ3) is 6.52. The number of nitrogens with zero attached hydrogens (tertiary/aromatic N) is 3. The van der Waals surface area contributed by atoms with Gasteiger partial charge in [-0.15, -0.1) is 0 Å². The van der Waals surface area contributed by atoms with Gasteiger partial charge in [0.05, 0.1) is 28.9 Å². The summed E-state index contributed by atoms with van der Waals surface area (Å²) in [6.07, 6.45) is 3.47. The second kappa shape index (κ2) is 10.8. The molecule has 1 amide bonds. The fourth-order valence-electron chi connectivity index (χ4n) is 3.88. The van der Waals surface area contributed by atoms with Crippen molar-refractivity contribution in [2.75, 3.05) is 25.5 Å². The number of H-pyrrole nitrogens is 1. The topological polar surface area (TPSA) is 137 Å². The maximum Gasteiger partial charge on any atom is 0.262 e. The number of aromatic amines is 1. The number of carbonyl (C=O) groups is 1. The molecule has 0 radical (unpaired) electrons. The molecule has 1 aromatic heterocycles. The van der Waals surface area contributed by atoms with E-state index in [1.807, 2.05) is 6.07 Å². The molecule has 2 heterocycles. The van der Waals surface area contributed by atoms with Gasteiger partial charge in [-0.05, 0) is 50.2 Å². The van der Waals surface area contributed by atoms with Gasteiger partial charge >= 0.3 is 0 Å². The number of nitrogens with one attached hydrogen (secondary N) is 3. The van der Waals surface area contributed by atoms with Gasteiger partial charge in [0, 0.05) is 18.7 Å². The van der Waals surface area contributed by atoms with Gasteiger partial charge in [0.2, 0.25) is 5.91 Å². The summed E-state index contributed by atoms with van der Waals surface area (Å²) in [5.41, 5.74) is 0.724. The van der Waals surface area contributed by atoms with Gasteiger partial charge in [0.25, 0.3) is 15.6 Å². The number of aliphatic imine (C=N–C) groups is 1. The molecule has 0 saturated heterocycles. The summed E-state index contributed by atoms with van der Waals surface area (Å²) >= 11 is 0. The van der Waals surface area contributed by atoms with Crippen molar-refractivity contribution in [3.8, 4) is 0 Å². The fourth-order valence-corrected chi connectivity index (χ4v) is 5.01. The van der Waals surface area contributed by atoms with E-state index < -0.39 is 10.0 Å². The largest absolute Gasteiger partial charge is 0.325 e. The van der Waals surface area contributed by atoms with Crippen LogP contribution in [-0.4, -0.2) is 55.2 Å². The number of anilines is 1. The number of likely N-dealkylation sites (N-methyl/N-ethyl adjacent to an activating group) is 1. The Labute approximate surface area is 203 Å². The number of amides is 1. The summed E-state index contributed by atoms with van der Waals surface area (Å²) in [7, 11) is -2.08. The van der Waals surface area contributed by atoms with Crippen LogP contribution >= 0.6 is 0 Å². The van der Waals surface area contributed by atoms with Crippen molar-refractivity contribution < 1.29 is 13.2 Å². The Morgan fingerprint density at radius 2 is 1.94 bits per heavy atom. The number of hydrogen-bond acceptors (Lipinski definition) is 7. The SMILES string of the molecule is CN(CC(=O)Nc1cccc(S(=O)(=O)NC2=NCCCCC2)c1)Cc1nc2ccccc2c(=O)[nH]1. The van der Waals surface area contributed by atoms with Crippen LogP contribution in [0.1, 0.15) is 31.5 Å². The molecule has 10 nitrogen and oxygen atoms in total. The molecule has 0 bridgehead atoms. The van der Waals surface area contributed by atoms with E-state index in [-0.39, 0.29) is 29.5 Å². The maximum absolute atomic E-state index is 12.8. The van der Waals surface area contributed by atoms with Crippen molar-refractivity contribution in [2.24, 2.45) is 4.99 Å². The van der Waals surface area contributed by atoms with E-state index in [9.17, 15) is 18.0 Å². The molecular weight excluding hydrogens is 468 g/mol. The first kappa shape index (κ1) is 24.6. The highest BCUT2D eigenvalue weighted by Gasteiger charge is 2.18. The van der Waals surface area contributed by atoms with Crippen molar-refractivity contribution in [2.45, 2.75) is 37.1 Å². The van der Waals surface area contributed by atoms with Gasteiger partial charge in [-0.1, -0.05) is 24.6 Å². The van der Waals surface area contributed by atoms with Gasteiger partial charge in [-0.25, -0.2) is 13.4 Å². The van der Waals surface area contributed by atoms with E-state index >= 15 is 0 Å². The highest BCUT2D eigenvalue weighted by atomic mass is 32.2. The molecule has 3 N–H and O–H groups in total. The van der Waals surface area contributed by atoms with E-state index in [1.54, 1.807) is 42.3 Å².